The third kappa shape index (κ3) is 1.84. The first-order chi connectivity index (χ1) is 6.90. The van der Waals surface area contributed by atoms with Gasteiger partial charge in [0.25, 0.3) is 0 Å². The van der Waals surface area contributed by atoms with Crippen LogP contribution in [0.1, 0.15) is 23.9 Å². The van der Waals surface area contributed by atoms with Gasteiger partial charge in [-0.1, -0.05) is 31.2 Å². The van der Waals surface area contributed by atoms with E-state index in [1.165, 1.54) is 11.1 Å². The lowest BCUT2D eigenvalue weighted by Crippen LogP contribution is -1.95. The first-order valence-corrected chi connectivity index (χ1v) is 4.95. The maximum absolute atomic E-state index is 4.23. The zero-order valence-electron chi connectivity index (χ0n) is 8.33. The standard InChI is InChI=1S/C12H14N2/c1-2-10-5-3-4-6-11(10)9-12-13-7-8-14-12/h3-8H,2,9H2,1H3,(H,13,14). The van der Waals surface area contributed by atoms with Crippen molar-refractivity contribution in [3.8, 4) is 0 Å². The summed E-state index contributed by atoms with van der Waals surface area (Å²) in [6.45, 7) is 2.18. The number of nitrogens with zero attached hydrogens (tertiary/aromatic N) is 1. The van der Waals surface area contributed by atoms with Gasteiger partial charge in [-0.05, 0) is 17.5 Å². The van der Waals surface area contributed by atoms with Gasteiger partial charge in [0.05, 0.1) is 0 Å². The van der Waals surface area contributed by atoms with E-state index in [1.54, 1.807) is 6.20 Å². The summed E-state index contributed by atoms with van der Waals surface area (Å²) in [6.07, 6.45) is 5.64. The summed E-state index contributed by atoms with van der Waals surface area (Å²) in [5.41, 5.74) is 2.77. The summed E-state index contributed by atoms with van der Waals surface area (Å²) >= 11 is 0. The molecule has 0 bridgehead atoms. The van der Waals surface area contributed by atoms with Crippen molar-refractivity contribution in [3.63, 3.8) is 0 Å². The lowest BCUT2D eigenvalue weighted by molar-refractivity contribution is 0.988. The molecule has 0 unspecified atom stereocenters. The first-order valence-electron chi connectivity index (χ1n) is 4.95. The molecule has 72 valence electrons. The maximum Gasteiger partial charge on any atom is 0.110 e. The topological polar surface area (TPSA) is 28.7 Å². The predicted octanol–water partition coefficient (Wildman–Crippen LogP) is 2.56. The van der Waals surface area contributed by atoms with Crippen LogP contribution in [0.15, 0.2) is 36.7 Å². The minimum Gasteiger partial charge on any atom is -0.348 e. The van der Waals surface area contributed by atoms with E-state index in [4.69, 9.17) is 0 Å². The van der Waals surface area contributed by atoms with E-state index in [1.807, 2.05) is 6.20 Å². The van der Waals surface area contributed by atoms with Crippen molar-refractivity contribution < 1.29 is 0 Å². The molecule has 2 heteroatoms. The van der Waals surface area contributed by atoms with Gasteiger partial charge in [0.1, 0.15) is 5.82 Å². The van der Waals surface area contributed by atoms with Crippen LogP contribution in [-0.2, 0) is 12.8 Å². The van der Waals surface area contributed by atoms with E-state index in [9.17, 15) is 0 Å². The molecule has 14 heavy (non-hydrogen) atoms. The van der Waals surface area contributed by atoms with Gasteiger partial charge in [0.15, 0.2) is 0 Å². The Morgan fingerprint density at radius 3 is 2.64 bits per heavy atom. The third-order valence-corrected chi connectivity index (χ3v) is 2.41. The second kappa shape index (κ2) is 4.09. The molecule has 2 aromatic rings. The van der Waals surface area contributed by atoms with E-state index >= 15 is 0 Å². The number of benzene rings is 1. The van der Waals surface area contributed by atoms with Crippen LogP contribution in [0.5, 0.6) is 0 Å². The molecular formula is C12H14N2. The van der Waals surface area contributed by atoms with Crippen molar-refractivity contribution >= 4 is 0 Å². The van der Waals surface area contributed by atoms with Crippen LogP contribution in [0, 0.1) is 0 Å². The Morgan fingerprint density at radius 2 is 2.00 bits per heavy atom. The van der Waals surface area contributed by atoms with Crippen LogP contribution in [0.2, 0.25) is 0 Å². The molecule has 1 heterocycles. The molecule has 1 aromatic heterocycles. The monoisotopic (exact) mass is 186 g/mol. The van der Waals surface area contributed by atoms with Gasteiger partial charge in [-0.25, -0.2) is 4.98 Å². The highest BCUT2D eigenvalue weighted by atomic mass is 14.9. The van der Waals surface area contributed by atoms with Crippen LogP contribution >= 0.6 is 0 Å². The Balaban J connectivity index is 2.24. The number of rotatable bonds is 3. The molecule has 0 amide bonds. The van der Waals surface area contributed by atoms with Crippen molar-refractivity contribution in [2.24, 2.45) is 0 Å². The molecule has 0 radical (unpaired) electrons. The predicted molar refractivity (Wildman–Crippen MR) is 57.2 cm³/mol. The zero-order valence-corrected chi connectivity index (χ0v) is 8.33. The van der Waals surface area contributed by atoms with E-state index < -0.39 is 0 Å². The van der Waals surface area contributed by atoms with Gasteiger partial charge < -0.3 is 4.98 Å². The fourth-order valence-corrected chi connectivity index (χ4v) is 1.65. The molecule has 0 saturated heterocycles. The summed E-state index contributed by atoms with van der Waals surface area (Å²) in [4.78, 5) is 7.36. The molecule has 0 aliphatic heterocycles. The zero-order chi connectivity index (χ0) is 9.80. The highest BCUT2D eigenvalue weighted by Crippen LogP contribution is 2.12. The molecule has 0 atom stereocenters. The van der Waals surface area contributed by atoms with Crippen molar-refractivity contribution in [2.45, 2.75) is 19.8 Å². The van der Waals surface area contributed by atoms with E-state index in [2.05, 4.69) is 41.2 Å². The number of aromatic nitrogens is 2. The fraction of sp³-hybridized carbons (Fsp3) is 0.250. The second-order valence-corrected chi connectivity index (χ2v) is 3.33. The van der Waals surface area contributed by atoms with Crippen LogP contribution in [0.4, 0.5) is 0 Å². The Kier molecular flexibility index (Phi) is 2.63. The number of H-pyrrole nitrogens is 1. The van der Waals surface area contributed by atoms with Gasteiger partial charge in [-0.2, -0.15) is 0 Å². The van der Waals surface area contributed by atoms with Gasteiger partial charge in [-0.15, -0.1) is 0 Å². The second-order valence-electron chi connectivity index (χ2n) is 3.33. The number of hydrogen-bond acceptors (Lipinski definition) is 1. The Morgan fingerprint density at radius 1 is 1.21 bits per heavy atom. The Bertz CT molecular complexity index is 390. The largest absolute Gasteiger partial charge is 0.348 e. The fourth-order valence-electron chi connectivity index (χ4n) is 1.65. The van der Waals surface area contributed by atoms with Gasteiger partial charge in [-0.3, -0.25) is 0 Å². The summed E-state index contributed by atoms with van der Waals surface area (Å²) in [7, 11) is 0. The summed E-state index contributed by atoms with van der Waals surface area (Å²) < 4.78 is 0. The molecule has 0 fully saturated rings. The van der Waals surface area contributed by atoms with Crippen molar-refractivity contribution in [2.75, 3.05) is 0 Å². The molecule has 2 rings (SSSR count). The molecule has 0 aliphatic carbocycles. The SMILES string of the molecule is CCc1ccccc1Cc1ncc[nH]1. The molecule has 0 spiro atoms. The van der Waals surface area contributed by atoms with Gasteiger partial charge >= 0.3 is 0 Å². The molecule has 1 N–H and O–H groups in total. The van der Waals surface area contributed by atoms with Crippen LogP contribution in [0.25, 0.3) is 0 Å². The average Bonchev–Trinajstić information content (AvgIpc) is 2.71. The van der Waals surface area contributed by atoms with Gasteiger partial charge in [0.2, 0.25) is 0 Å². The normalized spacial score (nSPS) is 10.4. The number of imidazole rings is 1. The summed E-state index contributed by atoms with van der Waals surface area (Å²) in [5.74, 6) is 1.03. The Labute approximate surface area is 84.0 Å². The maximum atomic E-state index is 4.23. The van der Waals surface area contributed by atoms with E-state index in [0.29, 0.717) is 0 Å². The number of nitrogens with one attached hydrogen (secondary N) is 1. The molecule has 0 aliphatic rings. The number of aromatic amines is 1. The highest BCUT2D eigenvalue weighted by Gasteiger charge is 2.01. The smallest absolute Gasteiger partial charge is 0.110 e. The Hall–Kier alpha value is -1.57. The molecule has 1 aromatic carbocycles. The van der Waals surface area contributed by atoms with Crippen LogP contribution < -0.4 is 0 Å². The minimum absolute atomic E-state index is 0.900. The van der Waals surface area contributed by atoms with Crippen LogP contribution in [0.3, 0.4) is 0 Å². The lowest BCUT2D eigenvalue weighted by atomic mass is 10.0. The first kappa shape index (κ1) is 9.00. The van der Waals surface area contributed by atoms with E-state index in [-0.39, 0.29) is 0 Å². The van der Waals surface area contributed by atoms with Crippen LogP contribution in [-0.4, -0.2) is 9.97 Å². The number of aryl methyl sites for hydroxylation is 1. The number of hydrogen-bond donors (Lipinski definition) is 1. The van der Waals surface area contributed by atoms with E-state index in [0.717, 1.165) is 18.7 Å². The molecule has 0 saturated carbocycles. The third-order valence-electron chi connectivity index (χ3n) is 2.41. The summed E-state index contributed by atoms with van der Waals surface area (Å²) in [5, 5.41) is 0. The van der Waals surface area contributed by atoms with Gasteiger partial charge in [0, 0.05) is 18.8 Å². The average molecular weight is 186 g/mol. The summed E-state index contributed by atoms with van der Waals surface area (Å²) in [6, 6.07) is 8.52. The molecular weight excluding hydrogens is 172 g/mol. The van der Waals surface area contributed by atoms with Crippen molar-refractivity contribution in [1.29, 1.82) is 0 Å². The highest BCUT2D eigenvalue weighted by molar-refractivity contribution is 5.29. The quantitative estimate of drug-likeness (QED) is 0.784. The molecule has 2 nitrogen and oxygen atoms in total. The van der Waals surface area contributed by atoms with Crippen molar-refractivity contribution in [3.05, 3.63) is 53.6 Å². The lowest BCUT2D eigenvalue weighted by Gasteiger charge is -2.05. The minimum atomic E-state index is 0.900. The van der Waals surface area contributed by atoms with Crippen molar-refractivity contribution in [1.82, 2.24) is 9.97 Å².